The third kappa shape index (κ3) is 6.24. The van der Waals surface area contributed by atoms with E-state index < -0.39 is 0 Å². The SMILES string of the molecule is CCC1CCN(C(=O)CNCCOC)CC1.Cl. The van der Waals surface area contributed by atoms with Gasteiger partial charge < -0.3 is 15.0 Å². The Labute approximate surface area is 110 Å². The largest absolute Gasteiger partial charge is 0.383 e. The molecule has 1 heterocycles. The number of amides is 1. The molecule has 1 aliphatic heterocycles. The van der Waals surface area contributed by atoms with Crippen LogP contribution in [-0.2, 0) is 9.53 Å². The van der Waals surface area contributed by atoms with Gasteiger partial charge in [-0.25, -0.2) is 0 Å². The van der Waals surface area contributed by atoms with Crippen molar-refractivity contribution in [2.75, 3.05) is 39.9 Å². The van der Waals surface area contributed by atoms with Crippen molar-refractivity contribution in [1.29, 1.82) is 0 Å². The number of carbonyl (C=O) groups excluding carboxylic acids is 1. The van der Waals surface area contributed by atoms with E-state index in [0.717, 1.165) is 25.6 Å². The lowest BCUT2D eigenvalue weighted by molar-refractivity contribution is -0.131. The van der Waals surface area contributed by atoms with Crippen LogP contribution in [0.1, 0.15) is 26.2 Å². The van der Waals surface area contributed by atoms with E-state index in [1.807, 2.05) is 4.90 Å². The summed E-state index contributed by atoms with van der Waals surface area (Å²) in [5.74, 6) is 1.05. The molecule has 0 spiro atoms. The summed E-state index contributed by atoms with van der Waals surface area (Å²) in [6.07, 6.45) is 3.58. The second kappa shape index (κ2) is 9.68. The average Bonchev–Trinajstić information content (AvgIpc) is 2.34. The summed E-state index contributed by atoms with van der Waals surface area (Å²) < 4.78 is 4.91. The van der Waals surface area contributed by atoms with Gasteiger partial charge in [-0.3, -0.25) is 4.79 Å². The highest BCUT2D eigenvalue weighted by atomic mass is 35.5. The molecule has 0 radical (unpaired) electrons. The van der Waals surface area contributed by atoms with Gasteiger partial charge in [0.05, 0.1) is 13.2 Å². The molecule has 1 amide bonds. The number of ether oxygens (including phenoxy) is 1. The number of methoxy groups -OCH3 is 1. The van der Waals surface area contributed by atoms with Crippen LogP contribution < -0.4 is 5.32 Å². The topological polar surface area (TPSA) is 41.6 Å². The zero-order valence-electron chi connectivity index (χ0n) is 10.9. The zero-order chi connectivity index (χ0) is 11.8. The molecule has 17 heavy (non-hydrogen) atoms. The van der Waals surface area contributed by atoms with Crippen molar-refractivity contribution in [1.82, 2.24) is 10.2 Å². The van der Waals surface area contributed by atoms with E-state index in [2.05, 4.69) is 12.2 Å². The summed E-state index contributed by atoms with van der Waals surface area (Å²) in [6.45, 7) is 5.94. The van der Waals surface area contributed by atoms with Crippen molar-refractivity contribution in [2.45, 2.75) is 26.2 Å². The Hall–Kier alpha value is -0.320. The van der Waals surface area contributed by atoms with Crippen LogP contribution in [0.25, 0.3) is 0 Å². The van der Waals surface area contributed by atoms with Gasteiger partial charge in [0.25, 0.3) is 0 Å². The number of nitrogens with one attached hydrogen (secondary N) is 1. The molecular weight excluding hydrogens is 240 g/mol. The molecule has 1 N–H and O–H groups in total. The van der Waals surface area contributed by atoms with Crippen molar-refractivity contribution in [3.63, 3.8) is 0 Å². The van der Waals surface area contributed by atoms with E-state index in [-0.39, 0.29) is 18.3 Å². The Kier molecular flexibility index (Phi) is 9.50. The van der Waals surface area contributed by atoms with Crippen LogP contribution in [0.5, 0.6) is 0 Å². The van der Waals surface area contributed by atoms with Crippen LogP contribution in [0.4, 0.5) is 0 Å². The van der Waals surface area contributed by atoms with E-state index in [0.29, 0.717) is 13.2 Å². The lowest BCUT2D eigenvalue weighted by Gasteiger charge is -2.31. The molecule has 1 rings (SSSR count). The fourth-order valence-electron chi connectivity index (χ4n) is 2.07. The molecule has 0 saturated carbocycles. The Morgan fingerprint density at radius 3 is 2.59 bits per heavy atom. The third-order valence-electron chi connectivity index (χ3n) is 3.30. The quantitative estimate of drug-likeness (QED) is 0.735. The van der Waals surface area contributed by atoms with Gasteiger partial charge >= 0.3 is 0 Å². The molecule has 0 unspecified atom stereocenters. The summed E-state index contributed by atoms with van der Waals surface area (Å²) in [5, 5.41) is 3.09. The maximum Gasteiger partial charge on any atom is 0.236 e. The van der Waals surface area contributed by atoms with Crippen molar-refractivity contribution in [2.24, 2.45) is 5.92 Å². The summed E-state index contributed by atoms with van der Waals surface area (Å²) in [4.78, 5) is 13.8. The van der Waals surface area contributed by atoms with E-state index in [1.165, 1.54) is 19.3 Å². The number of rotatable bonds is 6. The van der Waals surface area contributed by atoms with E-state index in [9.17, 15) is 4.79 Å². The minimum atomic E-state index is 0. The number of nitrogens with zero attached hydrogens (tertiary/aromatic N) is 1. The molecule has 1 saturated heterocycles. The molecule has 0 aromatic heterocycles. The number of piperidine rings is 1. The highest BCUT2D eigenvalue weighted by molar-refractivity contribution is 5.85. The Balaban J connectivity index is 0.00000256. The first kappa shape index (κ1) is 16.7. The van der Waals surface area contributed by atoms with Crippen LogP contribution in [0.3, 0.4) is 0 Å². The Morgan fingerprint density at radius 1 is 1.41 bits per heavy atom. The number of carbonyl (C=O) groups is 1. The smallest absolute Gasteiger partial charge is 0.236 e. The minimum Gasteiger partial charge on any atom is -0.383 e. The normalized spacial score (nSPS) is 16.7. The van der Waals surface area contributed by atoms with Gasteiger partial charge in [-0.2, -0.15) is 0 Å². The Bertz CT molecular complexity index is 207. The predicted octanol–water partition coefficient (Wildman–Crippen LogP) is 1.29. The van der Waals surface area contributed by atoms with Gasteiger partial charge in [0.2, 0.25) is 5.91 Å². The molecule has 1 fully saturated rings. The van der Waals surface area contributed by atoms with Crippen LogP contribution in [0.2, 0.25) is 0 Å². The number of hydrogen-bond acceptors (Lipinski definition) is 3. The lowest BCUT2D eigenvalue weighted by atomic mass is 9.94. The van der Waals surface area contributed by atoms with Gasteiger partial charge in [-0.05, 0) is 18.8 Å². The molecule has 0 aromatic carbocycles. The first-order valence-corrected chi connectivity index (χ1v) is 6.25. The highest BCUT2D eigenvalue weighted by Crippen LogP contribution is 2.19. The fourth-order valence-corrected chi connectivity index (χ4v) is 2.07. The predicted molar refractivity (Wildman–Crippen MR) is 71.6 cm³/mol. The molecule has 0 aromatic rings. The first-order chi connectivity index (χ1) is 7.77. The van der Waals surface area contributed by atoms with Gasteiger partial charge in [-0.15, -0.1) is 12.4 Å². The van der Waals surface area contributed by atoms with Crippen LogP contribution in [0.15, 0.2) is 0 Å². The van der Waals surface area contributed by atoms with Gasteiger partial charge in [0.15, 0.2) is 0 Å². The molecule has 0 bridgehead atoms. The second-order valence-corrected chi connectivity index (χ2v) is 4.40. The van der Waals surface area contributed by atoms with Crippen molar-refractivity contribution in [3.8, 4) is 0 Å². The van der Waals surface area contributed by atoms with Crippen molar-refractivity contribution < 1.29 is 9.53 Å². The minimum absolute atomic E-state index is 0. The maximum absolute atomic E-state index is 11.8. The van der Waals surface area contributed by atoms with E-state index in [1.54, 1.807) is 7.11 Å². The summed E-state index contributed by atoms with van der Waals surface area (Å²) in [6, 6.07) is 0. The van der Waals surface area contributed by atoms with Crippen molar-refractivity contribution in [3.05, 3.63) is 0 Å². The first-order valence-electron chi connectivity index (χ1n) is 6.25. The van der Waals surface area contributed by atoms with Crippen LogP contribution >= 0.6 is 12.4 Å². The Morgan fingerprint density at radius 2 is 2.06 bits per heavy atom. The average molecular weight is 265 g/mol. The zero-order valence-corrected chi connectivity index (χ0v) is 11.7. The third-order valence-corrected chi connectivity index (χ3v) is 3.30. The standard InChI is InChI=1S/C12H24N2O2.ClH/c1-3-11-4-7-14(8-5-11)12(15)10-13-6-9-16-2;/h11,13H,3-10H2,1-2H3;1H. The number of hydrogen-bond donors (Lipinski definition) is 1. The number of halogens is 1. The summed E-state index contributed by atoms with van der Waals surface area (Å²) in [5.41, 5.74) is 0. The van der Waals surface area contributed by atoms with Gasteiger partial charge in [0, 0.05) is 26.7 Å². The molecule has 4 nitrogen and oxygen atoms in total. The molecular formula is C12H25ClN2O2. The molecule has 102 valence electrons. The molecule has 0 atom stereocenters. The highest BCUT2D eigenvalue weighted by Gasteiger charge is 2.20. The lowest BCUT2D eigenvalue weighted by Crippen LogP contribution is -2.43. The summed E-state index contributed by atoms with van der Waals surface area (Å²) >= 11 is 0. The van der Waals surface area contributed by atoms with Crippen molar-refractivity contribution >= 4 is 18.3 Å². The second-order valence-electron chi connectivity index (χ2n) is 4.40. The van der Waals surface area contributed by atoms with Gasteiger partial charge in [0.1, 0.15) is 0 Å². The fraction of sp³-hybridized carbons (Fsp3) is 0.917. The molecule has 0 aliphatic carbocycles. The van der Waals surface area contributed by atoms with Gasteiger partial charge in [-0.1, -0.05) is 13.3 Å². The van der Waals surface area contributed by atoms with Crippen LogP contribution in [-0.4, -0.2) is 50.7 Å². The van der Waals surface area contributed by atoms with E-state index >= 15 is 0 Å². The molecule has 1 aliphatic rings. The van der Waals surface area contributed by atoms with Crippen LogP contribution in [0, 0.1) is 5.92 Å². The molecule has 5 heteroatoms. The summed E-state index contributed by atoms with van der Waals surface area (Å²) in [7, 11) is 1.67. The number of likely N-dealkylation sites (tertiary alicyclic amines) is 1. The monoisotopic (exact) mass is 264 g/mol. The maximum atomic E-state index is 11.8. The van der Waals surface area contributed by atoms with E-state index in [4.69, 9.17) is 4.74 Å².